The minimum absolute atomic E-state index is 0. The number of carbonyl (C=O) groups excluding carboxylic acids is 2. The topological polar surface area (TPSA) is 61.9 Å². The monoisotopic (exact) mass is 379 g/mol. The number of hydrogen-bond donors (Lipinski definition) is 1. The summed E-state index contributed by atoms with van der Waals surface area (Å²) in [6, 6.07) is 5.92. The van der Waals surface area contributed by atoms with E-state index >= 15 is 0 Å². The third-order valence-electron chi connectivity index (χ3n) is 5.41. The number of fused-ring (bicyclic) bond motifs is 1. The fraction of sp³-hybridized carbons (Fsp3) is 0.579. The van der Waals surface area contributed by atoms with Gasteiger partial charge in [0, 0.05) is 50.6 Å². The zero-order valence-corrected chi connectivity index (χ0v) is 15.7. The van der Waals surface area contributed by atoms with Crippen LogP contribution in [0.1, 0.15) is 35.2 Å². The van der Waals surface area contributed by atoms with Gasteiger partial charge in [-0.15, -0.1) is 12.4 Å². The Morgan fingerprint density at radius 2 is 1.85 bits per heavy atom. The molecule has 3 aliphatic rings. The Labute approximate surface area is 160 Å². The first-order valence-electron chi connectivity index (χ1n) is 9.29. The van der Waals surface area contributed by atoms with Crippen molar-refractivity contribution in [2.45, 2.75) is 31.8 Å². The highest BCUT2D eigenvalue weighted by atomic mass is 35.5. The average molecular weight is 380 g/mol. The molecule has 0 saturated carbocycles. The van der Waals surface area contributed by atoms with E-state index in [2.05, 4.69) is 5.32 Å². The van der Waals surface area contributed by atoms with Gasteiger partial charge in [0.2, 0.25) is 0 Å². The lowest BCUT2D eigenvalue weighted by Crippen LogP contribution is -2.53. The van der Waals surface area contributed by atoms with E-state index in [9.17, 15) is 9.59 Å². The number of halogens is 1. The lowest BCUT2D eigenvalue weighted by atomic mass is 9.96. The summed E-state index contributed by atoms with van der Waals surface area (Å²) in [6.45, 7) is 4.02. The SMILES string of the molecule is Cl.O=C(c1cccc2c1CCCN2)N1CCN(C(=O)C2CCCO2)CC1. The Balaban J connectivity index is 0.00000196. The van der Waals surface area contributed by atoms with Crippen LogP contribution in [0.5, 0.6) is 0 Å². The van der Waals surface area contributed by atoms with Gasteiger partial charge in [0.05, 0.1) is 0 Å². The van der Waals surface area contributed by atoms with Gasteiger partial charge in [-0.1, -0.05) is 6.07 Å². The van der Waals surface area contributed by atoms with Crippen LogP contribution in [-0.4, -0.2) is 67.0 Å². The van der Waals surface area contributed by atoms with Crippen molar-refractivity contribution >= 4 is 29.9 Å². The predicted molar refractivity (Wildman–Crippen MR) is 102 cm³/mol. The van der Waals surface area contributed by atoms with Gasteiger partial charge in [-0.3, -0.25) is 9.59 Å². The van der Waals surface area contributed by atoms with Crippen LogP contribution in [0, 0.1) is 0 Å². The summed E-state index contributed by atoms with van der Waals surface area (Å²) in [5.41, 5.74) is 3.03. The Bertz CT molecular complexity index is 668. The normalized spacial score (nSPS) is 22.2. The van der Waals surface area contributed by atoms with Gasteiger partial charge < -0.3 is 19.9 Å². The third kappa shape index (κ3) is 3.67. The van der Waals surface area contributed by atoms with Crippen molar-refractivity contribution in [3.05, 3.63) is 29.3 Å². The quantitative estimate of drug-likeness (QED) is 0.852. The van der Waals surface area contributed by atoms with Gasteiger partial charge in [0.25, 0.3) is 11.8 Å². The van der Waals surface area contributed by atoms with E-state index < -0.39 is 0 Å². The highest BCUT2D eigenvalue weighted by molar-refractivity contribution is 5.97. The largest absolute Gasteiger partial charge is 0.385 e. The molecule has 0 radical (unpaired) electrons. The standard InChI is InChI=1S/C19H25N3O3.ClH/c23-18(15-4-1-6-16-14(15)5-2-8-20-16)21-9-11-22(12-10-21)19(24)17-7-3-13-25-17;/h1,4,6,17,20H,2-3,5,7-13H2;1H. The number of benzene rings is 1. The minimum atomic E-state index is -0.269. The Morgan fingerprint density at radius 3 is 2.58 bits per heavy atom. The zero-order valence-electron chi connectivity index (χ0n) is 14.9. The molecule has 142 valence electrons. The summed E-state index contributed by atoms with van der Waals surface area (Å²) in [7, 11) is 0. The van der Waals surface area contributed by atoms with Crippen molar-refractivity contribution in [3.8, 4) is 0 Å². The van der Waals surface area contributed by atoms with E-state index in [1.807, 2.05) is 28.0 Å². The van der Waals surface area contributed by atoms with E-state index in [1.54, 1.807) is 0 Å². The second-order valence-electron chi connectivity index (χ2n) is 6.98. The molecule has 2 saturated heterocycles. The highest BCUT2D eigenvalue weighted by Crippen LogP contribution is 2.26. The maximum Gasteiger partial charge on any atom is 0.254 e. The molecule has 0 aromatic heterocycles. The van der Waals surface area contributed by atoms with E-state index in [-0.39, 0.29) is 30.3 Å². The van der Waals surface area contributed by atoms with E-state index in [1.165, 1.54) is 0 Å². The molecule has 3 aliphatic heterocycles. The predicted octanol–water partition coefficient (Wildman–Crippen LogP) is 1.93. The molecular formula is C19H26ClN3O3. The van der Waals surface area contributed by atoms with Crippen molar-refractivity contribution < 1.29 is 14.3 Å². The van der Waals surface area contributed by atoms with Gasteiger partial charge in [0.1, 0.15) is 6.10 Å². The molecule has 1 N–H and O–H groups in total. The van der Waals surface area contributed by atoms with Crippen LogP contribution in [0.25, 0.3) is 0 Å². The summed E-state index contributed by atoms with van der Waals surface area (Å²) >= 11 is 0. The Morgan fingerprint density at radius 1 is 1.08 bits per heavy atom. The molecule has 1 unspecified atom stereocenters. The number of nitrogens with one attached hydrogen (secondary N) is 1. The number of ether oxygens (including phenoxy) is 1. The number of carbonyl (C=O) groups is 2. The smallest absolute Gasteiger partial charge is 0.254 e. The van der Waals surface area contributed by atoms with Crippen molar-refractivity contribution in [3.63, 3.8) is 0 Å². The van der Waals surface area contributed by atoms with Crippen LogP contribution in [-0.2, 0) is 16.0 Å². The maximum atomic E-state index is 13.0. The first-order chi connectivity index (χ1) is 12.2. The molecule has 1 aromatic rings. The Hall–Kier alpha value is -1.79. The van der Waals surface area contributed by atoms with Crippen LogP contribution in [0.3, 0.4) is 0 Å². The fourth-order valence-electron chi connectivity index (χ4n) is 3.99. The van der Waals surface area contributed by atoms with Gasteiger partial charge in [-0.2, -0.15) is 0 Å². The molecule has 2 fully saturated rings. The number of rotatable bonds is 2. The van der Waals surface area contributed by atoms with Crippen molar-refractivity contribution in [1.29, 1.82) is 0 Å². The number of piperazine rings is 1. The third-order valence-corrected chi connectivity index (χ3v) is 5.41. The van der Waals surface area contributed by atoms with E-state index in [4.69, 9.17) is 4.74 Å². The molecule has 26 heavy (non-hydrogen) atoms. The van der Waals surface area contributed by atoms with Crippen molar-refractivity contribution in [1.82, 2.24) is 9.80 Å². The molecule has 6 nitrogen and oxygen atoms in total. The first kappa shape index (κ1) is 19.0. The van der Waals surface area contributed by atoms with Crippen LogP contribution < -0.4 is 5.32 Å². The lowest BCUT2D eigenvalue weighted by molar-refractivity contribution is -0.142. The number of hydrogen-bond acceptors (Lipinski definition) is 4. The highest BCUT2D eigenvalue weighted by Gasteiger charge is 2.32. The molecule has 0 aliphatic carbocycles. The van der Waals surface area contributed by atoms with Crippen LogP contribution in [0.2, 0.25) is 0 Å². The Kier molecular flexibility index (Phi) is 6.04. The minimum Gasteiger partial charge on any atom is -0.385 e. The zero-order chi connectivity index (χ0) is 17.2. The van der Waals surface area contributed by atoms with E-state index in [0.717, 1.165) is 49.0 Å². The number of amides is 2. The van der Waals surface area contributed by atoms with Crippen LogP contribution >= 0.6 is 12.4 Å². The van der Waals surface area contributed by atoms with E-state index in [0.29, 0.717) is 32.8 Å². The van der Waals surface area contributed by atoms with Gasteiger partial charge in [-0.25, -0.2) is 0 Å². The second kappa shape index (κ2) is 8.27. The summed E-state index contributed by atoms with van der Waals surface area (Å²) < 4.78 is 5.50. The van der Waals surface area contributed by atoms with Crippen LogP contribution in [0.4, 0.5) is 5.69 Å². The summed E-state index contributed by atoms with van der Waals surface area (Å²) in [5.74, 6) is 0.177. The number of nitrogens with zero attached hydrogens (tertiary/aromatic N) is 2. The van der Waals surface area contributed by atoms with Gasteiger partial charge >= 0.3 is 0 Å². The van der Waals surface area contributed by atoms with Crippen molar-refractivity contribution in [2.24, 2.45) is 0 Å². The second-order valence-corrected chi connectivity index (χ2v) is 6.98. The lowest BCUT2D eigenvalue weighted by Gasteiger charge is -2.36. The molecule has 2 amide bonds. The average Bonchev–Trinajstić information content (AvgIpc) is 3.21. The molecule has 3 heterocycles. The fourth-order valence-corrected chi connectivity index (χ4v) is 3.99. The molecule has 1 atom stereocenters. The van der Waals surface area contributed by atoms with Gasteiger partial charge in [0.15, 0.2) is 0 Å². The molecule has 0 spiro atoms. The summed E-state index contributed by atoms with van der Waals surface area (Å²) in [5, 5.41) is 3.38. The molecule has 7 heteroatoms. The maximum absolute atomic E-state index is 13.0. The van der Waals surface area contributed by atoms with Crippen LogP contribution in [0.15, 0.2) is 18.2 Å². The summed E-state index contributed by atoms with van der Waals surface area (Å²) in [6.07, 6.45) is 3.51. The molecule has 0 bridgehead atoms. The first-order valence-corrected chi connectivity index (χ1v) is 9.29. The van der Waals surface area contributed by atoms with Crippen molar-refractivity contribution in [2.75, 3.05) is 44.6 Å². The summed E-state index contributed by atoms with van der Waals surface area (Å²) in [4.78, 5) is 29.1. The molecule has 1 aromatic carbocycles. The number of anilines is 1. The molecular weight excluding hydrogens is 354 g/mol. The molecule has 4 rings (SSSR count). The van der Waals surface area contributed by atoms with Gasteiger partial charge in [-0.05, 0) is 43.4 Å².